The average Bonchev–Trinajstić information content (AvgIpc) is 3.05. The minimum Gasteiger partial charge on any atom is -0.330 e. The Balaban J connectivity index is 0.00000176. The molecule has 0 spiro atoms. The molecule has 1 saturated heterocycles. The minimum absolute atomic E-state index is 0. The lowest BCUT2D eigenvalue weighted by Crippen LogP contribution is -2.31. The molecule has 2 N–H and O–H groups in total. The first-order chi connectivity index (χ1) is 10.1. The molecular formula is C17H25ClN4. The molecule has 0 bridgehead atoms. The van der Waals surface area contributed by atoms with Crippen molar-refractivity contribution < 1.29 is 0 Å². The van der Waals surface area contributed by atoms with Crippen molar-refractivity contribution in [1.82, 2.24) is 14.7 Å². The number of hydrogen-bond donors (Lipinski definition) is 1. The summed E-state index contributed by atoms with van der Waals surface area (Å²) in [5.41, 5.74) is 9.70. The first kappa shape index (κ1) is 17.0. The van der Waals surface area contributed by atoms with Gasteiger partial charge in [0.15, 0.2) is 0 Å². The third-order valence-electron chi connectivity index (χ3n) is 4.54. The molecule has 0 amide bonds. The molecular weight excluding hydrogens is 296 g/mol. The summed E-state index contributed by atoms with van der Waals surface area (Å²) in [6.45, 7) is 8.32. The predicted octanol–water partition coefficient (Wildman–Crippen LogP) is 2.77. The molecule has 4 nitrogen and oxygen atoms in total. The third-order valence-corrected chi connectivity index (χ3v) is 4.54. The highest BCUT2D eigenvalue weighted by atomic mass is 35.5. The average molecular weight is 321 g/mol. The van der Waals surface area contributed by atoms with Crippen molar-refractivity contribution in [3.63, 3.8) is 0 Å². The Bertz CT molecular complexity index is 610. The highest BCUT2D eigenvalue weighted by Crippen LogP contribution is 2.29. The Kier molecular flexibility index (Phi) is 5.27. The zero-order valence-electron chi connectivity index (χ0n) is 13.3. The van der Waals surface area contributed by atoms with Crippen LogP contribution >= 0.6 is 12.4 Å². The molecule has 1 atom stereocenters. The van der Waals surface area contributed by atoms with E-state index < -0.39 is 0 Å². The van der Waals surface area contributed by atoms with Gasteiger partial charge in [0.25, 0.3) is 0 Å². The number of rotatable bonds is 4. The Labute approximate surface area is 138 Å². The van der Waals surface area contributed by atoms with Crippen molar-refractivity contribution in [2.24, 2.45) is 11.1 Å². The predicted molar refractivity (Wildman–Crippen MR) is 92.6 cm³/mol. The Hall–Kier alpha value is -1.36. The molecule has 2 heterocycles. The summed E-state index contributed by atoms with van der Waals surface area (Å²) in [6.07, 6.45) is 3.35. The fourth-order valence-electron chi connectivity index (χ4n) is 3.03. The highest BCUT2D eigenvalue weighted by molar-refractivity contribution is 5.85. The standard InChI is InChI=1S/C17H24N4.ClH/c1-14-15(10-20-9-8-17(2,12-18)13-20)11-21(19-14)16-6-4-3-5-7-16;/h3-7,11H,8-10,12-13,18H2,1-2H3;1H. The van der Waals surface area contributed by atoms with Crippen molar-refractivity contribution in [1.29, 1.82) is 0 Å². The van der Waals surface area contributed by atoms with Crippen LogP contribution in [0.5, 0.6) is 0 Å². The number of nitrogens with two attached hydrogens (primary N) is 1. The number of likely N-dealkylation sites (tertiary alicyclic amines) is 1. The molecule has 3 rings (SSSR count). The smallest absolute Gasteiger partial charge is 0.0645 e. The van der Waals surface area contributed by atoms with Crippen LogP contribution in [0.15, 0.2) is 36.5 Å². The van der Waals surface area contributed by atoms with Crippen LogP contribution < -0.4 is 5.73 Å². The largest absolute Gasteiger partial charge is 0.330 e. The number of aryl methyl sites for hydroxylation is 1. The quantitative estimate of drug-likeness (QED) is 0.942. The van der Waals surface area contributed by atoms with Gasteiger partial charge in [-0.3, -0.25) is 4.90 Å². The number of para-hydroxylation sites is 1. The maximum absolute atomic E-state index is 5.89. The Morgan fingerprint density at radius 2 is 2.00 bits per heavy atom. The second kappa shape index (κ2) is 6.82. The molecule has 1 aliphatic rings. The third kappa shape index (κ3) is 3.51. The Morgan fingerprint density at radius 3 is 2.64 bits per heavy atom. The Morgan fingerprint density at radius 1 is 1.27 bits per heavy atom. The first-order valence-electron chi connectivity index (χ1n) is 7.63. The van der Waals surface area contributed by atoms with Gasteiger partial charge in [0.1, 0.15) is 0 Å². The van der Waals surface area contributed by atoms with Gasteiger partial charge in [0, 0.05) is 24.8 Å². The molecule has 2 aromatic rings. The van der Waals surface area contributed by atoms with Crippen molar-refractivity contribution in [2.45, 2.75) is 26.8 Å². The molecule has 1 aromatic heterocycles. The number of halogens is 1. The fraction of sp³-hybridized carbons (Fsp3) is 0.471. The van der Waals surface area contributed by atoms with Crippen LogP contribution in [0.4, 0.5) is 0 Å². The van der Waals surface area contributed by atoms with E-state index in [0.717, 1.165) is 37.6 Å². The van der Waals surface area contributed by atoms with Gasteiger partial charge in [-0.05, 0) is 44.0 Å². The SMILES string of the molecule is Cc1nn(-c2ccccc2)cc1CN1CCC(C)(CN)C1.Cl. The van der Waals surface area contributed by atoms with Gasteiger partial charge >= 0.3 is 0 Å². The molecule has 1 aromatic carbocycles. The zero-order chi connectivity index (χ0) is 14.9. The van der Waals surface area contributed by atoms with E-state index in [0.29, 0.717) is 0 Å². The first-order valence-corrected chi connectivity index (χ1v) is 7.63. The summed E-state index contributed by atoms with van der Waals surface area (Å²) < 4.78 is 1.98. The summed E-state index contributed by atoms with van der Waals surface area (Å²) in [7, 11) is 0. The molecule has 0 radical (unpaired) electrons. The van der Waals surface area contributed by atoms with Gasteiger partial charge in [0.05, 0.1) is 11.4 Å². The molecule has 120 valence electrons. The van der Waals surface area contributed by atoms with Crippen molar-refractivity contribution >= 4 is 12.4 Å². The van der Waals surface area contributed by atoms with E-state index in [2.05, 4.69) is 42.2 Å². The van der Waals surface area contributed by atoms with Crippen LogP contribution in [-0.4, -0.2) is 34.3 Å². The van der Waals surface area contributed by atoms with Crippen LogP contribution in [0.2, 0.25) is 0 Å². The number of nitrogens with zero attached hydrogens (tertiary/aromatic N) is 3. The maximum Gasteiger partial charge on any atom is 0.0645 e. The molecule has 0 saturated carbocycles. The molecule has 1 unspecified atom stereocenters. The van der Waals surface area contributed by atoms with Gasteiger partial charge in [-0.2, -0.15) is 5.10 Å². The lowest BCUT2D eigenvalue weighted by atomic mass is 9.90. The lowest BCUT2D eigenvalue weighted by molar-refractivity contribution is 0.274. The van der Waals surface area contributed by atoms with E-state index in [9.17, 15) is 0 Å². The second-order valence-electron chi connectivity index (χ2n) is 6.50. The van der Waals surface area contributed by atoms with Gasteiger partial charge < -0.3 is 5.73 Å². The van der Waals surface area contributed by atoms with E-state index >= 15 is 0 Å². The maximum atomic E-state index is 5.89. The normalized spacial score (nSPS) is 21.8. The summed E-state index contributed by atoms with van der Waals surface area (Å²) >= 11 is 0. The fourth-order valence-corrected chi connectivity index (χ4v) is 3.03. The molecule has 0 aliphatic carbocycles. The molecule has 1 aliphatic heterocycles. The van der Waals surface area contributed by atoms with Gasteiger partial charge in [-0.15, -0.1) is 12.4 Å². The van der Waals surface area contributed by atoms with Crippen molar-refractivity contribution in [2.75, 3.05) is 19.6 Å². The van der Waals surface area contributed by atoms with E-state index in [-0.39, 0.29) is 17.8 Å². The summed E-state index contributed by atoms with van der Waals surface area (Å²) in [4.78, 5) is 2.49. The molecule has 1 fully saturated rings. The monoisotopic (exact) mass is 320 g/mol. The number of hydrogen-bond acceptors (Lipinski definition) is 3. The molecule has 5 heteroatoms. The van der Waals surface area contributed by atoms with E-state index in [1.54, 1.807) is 0 Å². The molecule has 22 heavy (non-hydrogen) atoms. The van der Waals surface area contributed by atoms with Crippen LogP contribution in [0, 0.1) is 12.3 Å². The van der Waals surface area contributed by atoms with Gasteiger partial charge in [-0.25, -0.2) is 4.68 Å². The van der Waals surface area contributed by atoms with Crippen molar-refractivity contribution in [3.8, 4) is 5.69 Å². The number of aromatic nitrogens is 2. The number of benzene rings is 1. The van der Waals surface area contributed by atoms with E-state index in [4.69, 9.17) is 5.73 Å². The van der Waals surface area contributed by atoms with E-state index in [1.165, 1.54) is 12.0 Å². The van der Waals surface area contributed by atoms with Crippen molar-refractivity contribution in [3.05, 3.63) is 47.8 Å². The minimum atomic E-state index is 0. The van der Waals surface area contributed by atoms with Gasteiger partial charge in [0.2, 0.25) is 0 Å². The summed E-state index contributed by atoms with van der Waals surface area (Å²) in [5.74, 6) is 0. The van der Waals surface area contributed by atoms with Crippen LogP contribution in [0.3, 0.4) is 0 Å². The topological polar surface area (TPSA) is 47.1 Å². The van der Waals surface area contributed by atoms with Gasteiger partial charge in [-0.1, -0.05) is 25.1 Å². The van der Waals surface area contributed by atoms with Crippen LogP contribution in [0.1, 0.15) is 24.6 Å². The van der Waals surface area contributed by atoms with Crippen LogP contribution in [-0.2, 0) is 6.54 Å². The zero-order valence-corrected chi connectivity index (χ0v) is 14.1. The second-order valence-corrected chi connectivity index (χ2v) is 6.50. The van der Waals surface area contributed by atoms with E-state index in [1.807, 2.05) is 22.9 Å². The summed E-state index contributed by atoms with van der Waals surface area (Å²) in [6, 6.07) is 10.3. The van der Waals surface area contributed by atoms with Crippen LogP contribution in [0.25, 0.3) is 5.69 Å². The summed E-state index contributed by atoms with van der Waals surface area (Å²) in [5, 5.41) is 4.64. The lowest BCUT2D eigenvalue weighted by Gasteiger charge is -2.22. The highest BCUT2D eigenvalue weighted by Gasteiger charge is 2.32.